The molecule has 2 aromatic carbocycles. The van der Waals surface area contributed by atoms with E-state index in [-0.39, 0.29) is 0 Å². The summed E-state index contributed by atoms with van der Waals surface area (Å²) in [4.78, 5) is 0. The SMILES string of the molecule is CC(O)(c1ccc(C2CCC2)cc1)c1ccccc1Br. The van der Waals surface area contributed by atoms with E-state index < -0.39 is 5.60 Å². The molecule has 0 aliphatic heterocycles. The molecule has 0 spiro atoms. The second-order valence-electron chi connectivity index (χ2n) is 5.80. The van der Waals surface area contributed by atoms with Crippen molar-refractivity contribution in [1.29, 1.82) is 0 Å². The highest BCUT2D eigenvalue weighted by Gasteiger charge is 2.28. The van der Waals surface area contributed by atoms with Gasteiger partial charge in [-0.25, -0.2) is 0 Å². The zero-order valence-electron chi connectivity index (χ0n) is 11.6. The van der Waals surface area contributed by atoms with Gasteiger partial charge in [0.1, 0.15) is 5.60 Å². The summed E-state index contributed by atoms with van der Waals surface area (Å²) in [5.74, 6) is 0.734. The lowest BCUT2D eigenvalue weighted by Crippen LogP contribution is -2.23. The van der Waals surface area contributed by atoms with E-state index in [0.717, 1.165) is 21.5 Å². The zero-order chi connectivity index (χ0) is 14.2. The molecule has 1 aliphatic rings. The van der Waals surface area contributed by atoms with E-state index in [1.54, 1.807) is 0 Å². The molecule has 1 saturated carbocycles. The van der Waals surface area contributed by atoms with Crippen LogP contribution in [-0.2, 0) is 5.60 Å². The normalized spacial score (nSPS) is 18.4. The largest absolute Gasteiger partial charge is 0.381 e. The highest BCUT2D eigenvalue weighted by atomic mass is 79.9. The van der Waals surface area contributed by atoms with Gasteiger partial charge in [0, 0.05) is 10.0 Å². The van der Waals surface area contributed by atoms with Crippen molar-refractivity contribution in [2.75, 3.05) is 0 Å². The second-order valence-corrected chi connectivity index (χ2v) is 6.66. The van der Waals surface area contributed by atoms with E-state index in [4.69, 9.17) is 0 Å². The lowest BCUT2D eigenvalue weighted by atomic mass is 9.79. The van der Waals surface area contributed by atoms with Gasteiger partial charge in [0.15, 0.2) is 0 Å². The molecule has 0 saturated heterocycles. The Hall–Kier alpha value is -1.12. The fourth-order valence-electron chi connectivity index (χ4n) is 2.83. The fraction of sp³-hybridized carbons (Fsp3) is 0.333. The van der Waals surface area contributed by atoms with Crippen LogP contribution in [-0.4, -0.2) is 5.11 Å². The Morgan fingerprint density at radius 1 is 1.05 bits per heavy atom. The Bertz CT molecular complexity index is 597. The first-order chi connectivity index (χ1) is 9.59. The van der Waals surface area contributed by atoms with E-state index in [9.17, 15) is 5.11 Å². The number of aliphatic hydroxyl groups is 1. The summed E-state index contributed by atoms with van der Waals surface area (Å²) in [5, 5.41) is 10.9. The van der Waals surface area contributed by atoms with E-state index in [0.29, 0.717) is 0 Å². The van der Waals surface area contributed by atoms with Gasteiger partial charge >= 0.3 is 0 Å². The molecule has 0 aromatic heterocycles. The Labute approximate surface area is 128 Å². The van der Waals surface area contributed by atoms with Gasteiger partial charge < -0.3 is 5.11 Å². The fourth-order valence-corrected chi connectivity index (χ4v) is 3.50. The summed E-state index contributed by atoms with van der Waals surface area (Å²) < 4.78 is 0.938. The number of hydrogen-bond donors (Lipinski definition) is 1. The molecule has 1 atom stereocenters. The highest BCUT2D eigenvalue weighted by molar-refractivity contribution is 9.10. The number of halogens is 1. The van der Waals surface area contributed by atoms with Crippen molar-refractivity contribution < 1.29 is 5.11 Å². The minimum atomic E-state index is -0.974. The van der Waals surface area contributed by atoms with Crippen LogP contribution in [0.3, 0.4) is 0 Å². The van der Waals surface area contributed by atoms with Crippen LogP contribution >= 0.6 is 15.9 Å². The quantitative estimate of drug-likeness (QED) is 0.842. The van der Waals surface area contributed by atoms with Crippen molar-refractivity contribution in [2.45, 2.75) is 37.7 Å². The van der Waals surface area contributed by atoms with Crippen LogP contribution in [0.1, 0.15) is 48.8 Å². The molecule has 1 fully saturated rings. The summed E-state index contributed by atoms with van der Waals surface area (Å²) in [6, 6.07) is 16.3. The Balaban J connectivity index is 1.92. The van der Waals surface area contributed by atoms with Crippen LogP contribution in [0.2, 0.25) is 0 Å². The van der Waals surface area contributed by atoms with Gasteiger partial charge in [-0.15, -0.1) is 0 Å². The van der Waals surface area contributed by atoms with Crippen LogP contribution in [0.5, 0.6) is 0 Å². The first-order valence-electron chi connectivity index (χ1n) is 7.17. The first kappa shape index (κ1) is 13.8. The first-order valence-corrected chi connectivity index (χ1v) is 7.96. The van der Waals surface area contributed by atoms with Crippen LogP contribution in [0.25, 0.3) is 0 Å². The molecule has 3 rings (SSSR count). The van der Waals surface area contributed by atoms with Crippen LogP contribution in [0.4, 0.5) is 0 Å². The standard InChI is InChI=1S/C18H19BrO/c1-18(20,16-7-2-3-8-17(16)19)15-11-9-14(10-12-15)13-5-4-6-13/h2-3,7-13,20H,4-6H2,1H3. The second kappa shape index (κ2) is 5.34. The molecule has 1 N–H and O–H groups in total. The van der Waals surface area contributed by atoms with Gasteiger partial charge in [-0.2, -0.15) is 0 Å². The summed E-state index contributed by atoms with van der Waals surface area (Å²) in [7, 11) is 0. The Morgan fingerprint density at radius 2 is 1.70 bits per heavy atom. The number of rotatable bonds is 3. The van der Waals surface area contributed by atoms with Crippen molar-refractivity contribution in [3.8, 4) is 0 Å². The number of hydrogen-bond acceptors (Lipinski definition) is 1. The third-order valence-electron chi connectivity index (χ3n) is 4.45. The summed E-state index contributed by atoms with van der Waals surface area (Å²) in [6.45, 7) is 1.85. The third kappa shape index (κ3) is 2.43. The molecule has 0 bridgehead atoms. The number of benzene rings is 2. The monoisotopic (exact) mass is 330 g/mol. The van der Waals surface area contributed by atoms with Gasteiger partial charge in [-0.05, 0) is 42.9 Å². The van der Waals surface area contributed by atoms with Gasteiger partial charge in [0.05, 0.1) is 0 Å². The van der Waals surface area contributed by atoms with Crippen LogP contribution in [0, 0.1) is 0 Å². The Morgan fingerprint density at radius 3 is 2.25 bits per heavy atom. The topological polar surface area (TPSA) is 20.2 Å². The third-order valence-corrected chi connectivity index (χ3v) is 5.14. The van der Waals surface area contributed by atoms with Gasteiger partial charge in [0.25, 0.3) is 0 Å². The Kier molecular flexibility index (Phi) is 3.70. The average molecular weight is 331 g/mol. The maximum Gasteiger partial charge on any atom is 0.113 e. The molecule has 0 radical (unpaired) electrons. The molecule has 1 aliphatic carbocycles. The smallest absolute Gasteiger partial charge is 0.113 e. The predicted octanol–water partition coefficient (Wildman–Crippen LogP) is 4.97. The summed E-state index contributed by atoms with van der Waals surface area (Å²) in [5.41, 5.74) is 2.27. The predicted molar refractivity (Wildman–Crippen MR) is 85.8 cm³/mol. The van der Waals surface area contributed by atoms with E-state index in [2.05, 4.69) is 40.2 Å². The molecule has 2 heteroatoms. The van der Waals surface area contributed by atoms with E-state index >= 15 is 0 Å². The van der Waals surface area contributed by atoms with Crippen molar-refractivity contribution in [3.63, 3.8) is 0 Å². The minimum Gasteiger partial charge on any atom is -0.381 e. The molecule has 1 unspecified atom stereocenters. The summed E-state index contributed by atoms with van der Waals surface area (Å²) >= 11 is 3.53. The lowest BCUT2D eigenvalue weighted by Gasteiger charge is -2.28. The molecule has 1 nitrogen and oxygen atoms in total. The van der Waals surface area contributed by atoms with Gasteiger partial charge in [0.2, 0.25) is 0 Å². The van der Waals surface area contributed by atoms with Crippen molar-refractivity contribution in [1.82, 2.24) is 0 Å². The van der Waals surface area contributed by atoms with E-state index in [1.807, 2.05) is 31.2 Å². The lowest BCUT2D eigenvalue weighted by molar-refractivity contribution is 0.101. The zero-order valence-corrected chi connectivity index (χ0v) is 13.2. The minimum absolute atomic E-state index is 0.734. The maximum atomic E-state index is 10.9. The van der Waals surface area contributed by atoms with Crippen molar-refractivity contribution >= 4 is 15.9 Å². The average Bonchev–Trinajstić information content (AvgIpc) is 2.38. The maximum absolute atomic E-state index is 10.9. The van der Waals surface area contributed by atoms with Gasteiger partial charge in [-0.1, -0.05) is 64.8 Å². The molecule has 2 aromatic rings. The van der Waals surface area contributed by atoms with Crippen molar-refractivity contribution in [2.24, 2.45) is 0 Å². The van der Waals surface area contributed by atoms with Crippen LogP contribution in [0.15, 0.2) is 53.0 Å². The van der Waals surface area contributed by atoms with Crippen molar-refractivity contribution in [3.05, 3.63) is 69.7 Å². The molecule has 104 valence electrons. The molecule has 0 amide bonds. The molecule has 0 heterocycles. The molecular formula is C18H19BrO. The van der Waals surface area contributed by atoms with Gasteiger partial charge in [-0.3, -0.25) is 0 Å². The molecule has 20 heavy (non-hydrogen) atoms. The van der Waals surface area contributed by atoms with E-state index in [1.165, 1.54) is 24.8 Å². The summed E-state index contributed by atoms with van der Waals surface area (Å²) in [6.07, 6.45) is 3.96. The highest BCUT2D eigenvalue weighted by Crippen LogP contribution is 2.38. The molecular weight excluding hydrogens is 312 g/mol. The van der Waals surface area contributed by atoms with Crippen LogP contribution < -0.4 is 0 Å².